The molecule has 20 heavy (non-hydrogen) atoms. The molecule has 2 rings (SSSR count). The van der Waals surface area contributed by atoms with Gasteiger partial charge in [-0.05, 0) is 43.4 Å². The number of nitrogens with zero attached hydrogens (tertiary/aromatic N) is 2. The summed E-state index contributed by atoms with van der Waals surface area (Å²) in [4.78, 5) is 15.0. The molecule has 1 saturated heterocycles. The number of aryl methyl sites for hydroxylation is 1. The summed E-state index contributed by atoms with van der Waals surface area (Å²) >= 11 is 0. The van der Waals surface area contributed by atoms with E-state index in [4.69, 9.17) is 5.11 Å². The van der Waals surface area contributed by atoms with E-state index in [0.29, 0.717) is 19.4 Å². The quantitative estimate of drug-likeness (QED) is 0.872. The predicted molar refractivity (Wildman–Crippen MR) is 73.7 cm³/mol. The van der Waals surface area contributed by atoms with Gasteiger partial charge in [0.05, 0.1) is 5.75 Å². The molecule has 1 aromatic heterocycles. The Hall–Kier alpha value is -1.47. The molecule has 0 radical (unpaired) electrons. The lowest BCUT2D eigenvalue weighted by atomic mass is 10.1. The zero-order valence-corrected chi connectivity index (χ0v) is 11.9. The first-order chi connectivity index (χ1) is 9.50. The van der Waals surface area contributed by atoms with Gasteiger partial charge in [-0.25, -0.2) is 8.42 Å². The molecular formula is C13H18N2O4S. The van der Waals surface area contributed by atoms with Crippen LogP contribution in [0.3, 0.4) is 0 Å². The first-order valence-corrected chi connectivity index (χ1v) is 8.23. The van der Waals surface area contributed by atoms with Gasteiger partial charge in [-0.2, -0.15) is 4.31 Å². The Balaban J connectivity index is 2.06. The minimum Gasteiger partial charge on any atom is -0.480 e. The Kier molecular flexibility index (Phi) is 4.72. The summed E-state index contributed by atoms with van der Waals surface area (Å²) in [6.07, 6.45) is 5.47. The fourth-order valence-electron chi connectivity index (χ4n) is 2.40. The molecule has 1 fully saturated rings. The van der Waals surface area contributed by atoms with Crippen LogP contribution in [0.25, 0.3) is 0 Å². The molecule has 0 amide bonds. The number of hydrogen-bond donors (Lipinski definition) is 1. The topological polar surface area (TPSA) is 87.6 Å². The Morgan fingerprint density at radius 3 is 2.70 bits per heavy atom. The Bertz CT molecular complexity index is 559. The maximum absolute atomic E-state index is 12.3. The van der Waals surface area contributed by atoms with Crippen LogP contribution < -0.4 is 0 Å². The molecule has 2 heterocycles. The third-order valence-electron chi connectivity index (χ3n) is 3.49. The number of carboxylic acids is 1. The number of pyridine rings is 1. The molecule has 1 aliphatic rings. The molecule has 0 unspecified atom stereocenters. The summed E-state index contributed by atoms with van der Waals surface area (Å²) in [6.45, 7) is 0.301. The van der Waals surface area contributed by atoms with E-state index in [0.717, 1.165) is 22.7 Å². The second kappa shape index (κ2) is 6.32. The largest absolute Gasteiger partial charge is 0.480 e. The van der Waals surface area contributed by atoms with Crippen LogP contribution >= 0.6 is 0 Å². The minimum absolute atomic E-state index is 0.0687. The average molecular weight is 298 g/mol. The molecule has 110 valence electrons. The van der Waals surface area contributed by atoms with Crippen molar-refractivity contribution in [2.24, 2.45) is 0 Å². The van der Waals surface area contributed by atoms with Crippen LogP contribution in [0.2, 0.25) is 0 Å². The smallest absolute Gasteiger partial charge is 0.322 e. The van der Waals surface area contributed by atoms with Gasteiger partial charge in [0, 0.05) is 18.9 Å². The molecule has 1 N–H and O–H groups in total. The van der Waals surface area contributed by atoms with Gasteiger partial charge >= 0.3 is 5.97 Å². The monoisotopic (exact) mass is 298 g/mol. The Morgan fingerprint density at radius 1 is 1.35 bits per heavy atom. The zero-order chi connectivity index (χ0) is 14.6. The SMILES string of the molecule is O=C(O)[C@@H]1CCCCN1S(=O)(=O)CCc1ccncc1. The lowest BCUT2D eigenvalue weighted by Gasteiger charge is -2.31. The van der Waals surface area contributed by atoms with E-state index < -0.39 is 22.0 Å². The third kappa shape index (κ3) is 3.55. The molecule has 0 saturated carbocycles. The average Bonchev–Trinajstić information content (AvgIpc) is 2.46. The van der Waals surface area contributed by atoms with Crippen molar-refractivity contribution in [3.8, 4) is 0 Å². The van der Waals surface area contributed by atoms with E-state index in [1.807, 2.05) is 0 Å². The standard InChI is InChI=1S/C13H18N2O4S/c16-13(17)12-3-1-2-9-15(12)20(18,19)10-6-11-4-7-14-8-5-11/h4-5,7-8,12H,1-3,6,9-10H2,(H,16,17)/t12-/m0/s1. The van der Waals surface area contributed by atoms with Crippen LogP contribution in [0, 0.1) is 0 Å². The molecule has 7 heteroatoms. The second-order valence-corrected chi connectivity index (χ2v) is 6.92. The highest BCUT2D eigenvalue weighted by atomic mass is 32.2. The van der Waals surface area contributed by atoms with Gasteiger partial charge in [-0.15, -0.1) is 0 Å². The van der Waals surface area contributed by atoms with Crippen LogP contribution in [0.4, 0.5) is 0 Å². The van der Waals surface area contributed by atoms with Crippen molar-refractivity contribution in [1.82, 2.24) is 9.29 Å². The van der Waals surface area contributed by atoms with Crippen LogP contribution in [-0.2, 0) is 21.2 Å². The van der Waals surface area contributed by atoms with Gasteiger partial charge in [0.25, 0.3) is 0 Å². The highest BCUT2D eigenvalue weighted by molar-refractivity contribution is 7.89. The molecule has 6 nitrogen and oxygen atoms in total. The maximum Gasteiger partial charge on any atom is 0.322 e. The number of hydrogen-bond acceptors (Lipinski definition) is 4. The molecule has 1 aliphatic heterocycles. The zero-order valence-electron chi connectivity index (χ0n) is 11.1. The van der Waals surface area contributed by atoms with E-state index in [1.165, 1.54) is 0 Å². The first-order valence-electron chi connectivity index (χ1n) is 6.62. The van der Waals surface area contributed by atoms with Crippen molar-refractivity contribution in [3.05, 3.63) is 30.1 Å². The molecule has 0 aromatic carbocycles. The molecular weight excluding hydrogens is 280 g/mol. The van der Waals surface area contributed by atoms with Crippen molar-refractivity contribution in [1.29, 1.82) is 0 Å². The number of aromatic nitrogens is 1. The molecule has 0 spiro atoms. The third-order valence-corrected chi connectivity index (χ3v) is 5.37. The number of rotatable bonds is 5. The van der Waals surface area contributed by atoms with Crippen LogP contribution in [0.5, 0.6) is 0 Å². The molecule has 0 aliphatic carbocycles. The fourth-order valence-corrected chi connectivity index (χ4v) is 4.12. The second-order valence-electron chi connectivity index (χ2n) is 4.88. The van der Waals surface area contributed by atoms with Crippen molar-refractivity contribution in [2.45, 2.75) is 31.7 Å². The summed E-state index contributed by atoms with van der Waals surface area (Å²) in [7, 11) is -3.54. The number of carboxylic acid groups (broad SMARTS) is 1. The van der Waals surface area contributed by atoms with Crippen LogP contribution in [0.15, 0.2) is 24.5 Å². The van der Waals surface area contributed by atoms with Gasteiger partial charge < -0.3 is 5.11 Å². The number of piperidine rings is 1. The number of carbonyl (C=O) groups is 1. The van der Waals surface area contributed by atoms with Gasteiger partial charge in [0.2, 0.25) is 10.0 Å². The van der Waals surface area contributed by atoms with E-state index in [-0.39, 0.29) is 5.75 Å². The van der Waals surface area contributed by atoms with E-state index in [1.54, 1.807) is 24.5 Å². The molecule has 1 atom stereocenters. The van der Waals surface area contributed by atoms with Gasteiger partial charge in [0.15, 0.2) is 0 Å². The summed E-state index contributed by atoms with van der Waals surface area (Å²) < 4.78 is 25.8. The van der Waals surface area contributed by atoms with Gasteiger partial charge in [-0.1, -0.05) is 0 Å². The van der Waals surface area contributed by atoms with Crippen LogP contribution in [-0.4, -0.2) is 47.1 Å². The fraction of sp³-hybridized carbons (Fsp3) is 0.538. The lowest BCUT2D eigenvalue weighted by molar-refractivity contribution is -0.142. The Morgan fingerprint density at radius 2 is 2.05 bits per heavy atom. The summed E-state index contributed by atoms with van der Waals surface area (Å²) in [5.74, 6) is -1.13. The first kappa shape index (κ1) is 14.9. The highest BCUT2D eigenvalue weighted by Crippen LogP contribution is 2.21. The van der Waals surface area contributed by atoms with E-state index in [9.17, 15) is 13.2 Å². The van der Waals surface area contributed by atoms with Crippen molar-refractivity contribution < 1.29 is 18.3 Å². The summed E-state index contributed by atoms with van der Waals surface area (Å²) in [5.41, 5.74) is 0.882. The van der Waals surface area contributed by atoms with Gasteiger partial charge in [0.1, 0.15) is 6.04 Å². The predicted octanol–water partition coefficient (Wildman–Crippen LogP) is 0.893. The highest BCUT2D eigenvalue weighted by Gasteiger charge is 2.36. The maximum atomic E-state index is 12.3. The van der Waals surface area contributed by atoms with Gasteiger partial charge in [-0.3, -0.25) is 9.78 Å². The van der Waals surface area contributed by atoms with Crippen molar-refractivity contribution >= 4 is 16.0 Å². The minimum atomic E-state index is -3.54. The molecule has 1 aromatic rings. The normalized spacial score (nSPS) is 20.7. The molecule has 0 bridgehead atoms. The van der Waals surface area contributed by atoms with Crippen LogP contribution in [0.1, 0.15) is 24.8 Å². The van der Waals surface area contributed by atoms with Crippen molar-refractivity contribution in [2.75, 3.05) is 12.3 Å². The van der Waals surface area contributed by atoms with Crippen molar-refractivity contribution in [3.63, 3.8) is 0 Å². The number of sulfonamides is 1. The van der Waals surface area contributed by atoms with E-state index >= 15 is 0 Å². The lowest BCUT2D eigenvalue weighted by Crippen LogP contribution is -2.48. The van der Waals surface area contributed by atoms with E-state index in [2.05, 4.69) is 4.98 Å². The number of aliphatic carboxylic acids is 1. The Labute approximate surface area is 118 Å². The summed E-state index contributed by atoms with van der Waals surface area (Å²) in [6, 6.07) is 2.62. The summed E-state index contributed by atoms with van der Waals surface area (Å²) in [5, 5.41) is 9.14.